The van der Waals surface area contributed by atoms with Gasteiger partial charge in [-0.25, -0.2) is 4.79 Å². The van der Waals surface area contributed by atoms with Crippen LogP contribution in [-0.2, 0) is 4.74 Å². The lowest BCUT2D eigenvalue weighted by Gasteiger charge is -2.30. The monoisotopic (exact) mass is 313 g/mol. The van der Waals surface area contributed by atoms with Crippen LogP contribution in [0, 0.1) is 5.92 Å². The van der Waals surface area contributed by atoms with Crippen LogP contribution in [0.5, 0.6) is 0 Å². The van der Waals surface area contributed by atoms with E-state index in [2.05, 4.69) is 17.2 Å². The van der Waals surface area contributed by atoms with Crippen molar-refractivity contribution in [3.63, 3.8) is 0 Å². The fourth-order valence-corrected chi connectivity index (χ4v) is 2.41. The van der Waals surface area contributed by atoms with E-state index in [0.29, 0.717) is 25.6 Å². The SMILES string of the molecule is CCCC(CCO)CNC1=NCCN(C(=O)OC(C)(C)C)C1. The van der Waals surface area contributed by atoms with Crippen LogP contribution >= 0.6 is 0 Å². The Bertz CT molecular complexity index is 371. The predicted octanol–water partition coefficient (Wildman–Crippen LogP) is 2.02. The van der Waals surface area contributed by atoms with Gasteiger partial charge in [0.05, 0.1) is 13.1 Å². The molecule has 2 N–H and O–H groups in total. The highest BCUT2D eigenvalue weighted by Crippen LogP contribution is 2.12. The summed E-state index contributed by atoms with van der Waals surface area (Å²) >= 11 is 0. The molecule has 0 saturated heterocycles. The van der Waals surface area contributed by atoms with Gasteiger partial charge >= 0.3 is 6.09 Å². The van der Waals surface area contributed by atoms with E-state index in [0.717, 1.165) is 31.6 Å². The van der Waals surface area contributed by atoms with Crippen LogP contribution in [0.15, 0.2) is 4.99 Å². The molecule has 6 heteroatoms. The first-order chi connectivity index (χ1) is 10.4. The molecule has 1 aliphatic heterocycles. The summed E-state index contributed by atoms with van der Waals surface area (Å²) in [6, 6.07) is 0. The highest BCUT2D eigenvalue weighted by Gasteiger charge is 2.25. The zero-order valence-corrected chi connectivity index (χ0v) is 14.4. The van der Waals surface area contributed by atoms with E-state index in [4.69, 9.17) is 9.84 Å². The number of hydrogen-bond acceptors (Lipinski definition) is 5. The van der Waals surface area contributed by atoms with Gasteiger partial charge in [-0.05, 0) is 39.5 Å². The second-order valence-corrected chi connectivity index (χ2v) is 6.78. The van der Waals surface area contributed by atoms with E-state index in [1.807, 2.05) is 20.8 Å². The largest absolute Gasteiger partial charge is 0.444 e. The van der Waals surface area contributed by atoms with Gasteiger partial charge in [-0.1, -0.05) is 13.3 Å². The van der Waals surface area contributed by atoms with E-state index in [1.165, 1.54) is 0 Å². The molecule has 0 spiro atoms. The van der Waals surface area contributed by atoms with Crippen LogP contribution in [0.4, 0.5) is 4.79 Å². The van der Waals surface area contributed by atoms with Gasteiger partial charge in [-0.2, -0.15) is 0 Å². The molecular formula is C16H31N3O3. The number of aliphatic hydroxyl groups excluding tert-OH is 1. The van der Waals surface area contributed by atoms with E-state index >= 15 is 0 Å². The molecule has 1 atom stereocenters. The molecule has 0 aromatic carbocycles. The zero-order valence-electron chi connectivity index (χ0n) is 14.4. The van der Waals surface area contributed by atoms with Crippen LogP contribution in [0.25, 0.3) is 0 Å². The zero-order chi connectivity index (χ0) is 16.6. The van der Waals surface area contributed by atoms with Crippen molar-refractivity contribution in [2.24, 2.45) is 10.9 Å². The summed E-state index contributed by atoms with van der Waals surface area (Å²) < 4.78 is 5.40. The molecular weight excluding hydrogens is 282 g/mol. The van der Waals surface area contributed by atoms with Crippen LogP contribution in [0.2, 0.25) is 0 Å². The second kappa shape index (κ2) is 8.98. The Kier molecular flexibility index (Phi) is 7.65. The Labute approximate surface area is 133 Å². The molecule has 0 aromatic rings. The van der Waals surface area contributed by atoms with E-state index in [9.17, 15) is 4.79 Å². The maximum atomic E-state index is 12.1. The standard InChI is InChI=1S/C16H31N3O3/c1-5-6-13(7-10-20)11-18-14-12-19(9-8-17-14)15(21)22-16(2,3)4/h13,20H,5-12H2,1-4H3,(H,17,18). The normalized spacial score (nSPS) is 17.0. The Hall–Kier alpha value is -1.30. The number of ether oxygens (including phenoxy) is 1. The maximum Gasteiger partial charge on any atom is 0.410 e. The molecule has 128 valence electrons. The Morgan fingerprint density at radius 1 is 1.45 bits per heavy atom. The molecule has 1 heterocycles. The summed E-state index contributed by atoms with van der Waals surface area (Å²) in [6.07, 6.45) is 2.69. The highest BCUT2D eigenvalue weighted by molar-refractivity contribution is 5.87. The Morgan fingerprint density at radius 2 is 2.18 bits per heavy atom. The smallest absolute Gasteiger partial charge is 0.410 e. The van der Waals surface area contributed by atoms with Crippen molar-refractivity contribution in [2.75, 3.05) is 32.8 Å². The van der Waals surface area contributed by atoms with Gasteiger partial charge in [0, 0.05) is 19.7 Å². The number of nitrogens with one attached hydrogen (secondary N) is 1. The number of hydrogen-bond donors (Lipinski definition) is 2. The topological polar surface area (TPSA) is 74.2 Å². The average Bonchev–Trinajstić information content (AvgIpc) is 2.44. The highest BCUT2D eigenvalue weighted by atomic mass is 16.6. The lowest BCUT2D eigenvalue weighted by Crippen LogP contribution is -2.48. The molecule has 1 amide bonds. The molecule has 0 fully saturated rings. The van der Waals surface area contributed by atoms with Crippen molar-refractivity contribution < 1.29 is 14.6 Å². The van der Waals surface area contributed by atoms with Gasteiger partial charge in [-0.3, -0.25) is 9.89 Å². The molecule has 0 aromatic heterocycles. The van der Waals surface area contributed by atoms with Crippen molar-refractivity contribution in [1.82, 2.24) is 10.2 Å². The van der Waals surface area contributed by atoms with Crippen molar-refractivity contribution in [1.29, 1.82) is 0 Å². The third kappa shape index (κ3) is 7.11. The molecule has 0 aliphatic carbocycles. The number of amidine groups is 1. The summed E-state index contributed by atoms with van der Waals surface area (Å²) in [6.45, 7) is 10.4. The number of carbonyl (C=O) groups is 1. The quantitative estimate of drug-likeness (QED) is 0.787. The third-order valence-corrected chi connectivity index (χ3v) is 3.49. The fourth-order valence-electron chi connectivity index (χ4n) is 2.41. The number of nitrogens with zero attached hydrogens (tertiary/aromatic N) is 2. The Balaban J connectivity index is 2.45. The molecule has 0 bridgehead atoms. The molecule has 6 nitrogen and oxygen atoms in total. The molecule has 1 unspecified atom stereocenters. The van der Waals surface area contributed by atoms with Gasteiger partial charge < -0.3 is 15.2 Å². The third-order valence-electron chi connectivity index (χ3n) is 3.49. The van der Waals surface area contributed by atoms with Crippen molar-refractivity contribution >= 4 is 11.9 Å². The minimum atomic E-state index is -0.480. The molecule has 0 radical (unpaired) electrons. The molecule has 0 saturated carbocycles. The number of aliphatic hydroxyl groups is 1. The van der Waals surface area contributed by atoms with Crippen molar-refractivity contribution in [3.05, 3.63) is 0 Å². The number of aliphatic imine (C=N–C) groups is 1. The number of carbonyl (C=O) groups excluding carboxylic acids is 1. The van der Waals surface area contributed by atoms with E-state index < -0.39 is 5.60 Å². The minimum absolute atomic E-state index is 0.211. The fraction of sp³-hybridized carbons (Fsp3) is 0.875. The van der Waals surface area contributed by atoms with Crippen LogP contribution < -0.4 is 5.32 Å². The van der Waals surface area contributed by atoms with Gasteiger partial charge in [0.25, 0.3) is 0 Å². The molecule has 22 heavy (non-hydrogen) atoms. The Morgan fingerprint density at radius 3 is 2.77 bits per heavy atom. The lowest BCUT2D eigenvalue weighted by molar-refractivity contribution is 0.0276. The lowest BCUT2D eigenvalue weighted by atomic mass is 10.0. The van der Waals surface area contributed by atoms with Crippen molar-refractivity contribution in [2.45, 2.75) is 52.6 Å². The van der Waals surface area contributed by atoms with Gasteiger partial charge in [0.15, 0.2) is 0 Å². The number of rotatable bonds is 6. The maximum absolute atomic E-state index is 12.1. The summed E-state index contributed by atoms with van der Waals surface area (Å²) in [5.74, 6) is 1.27. The van der Waals surface area contributed by atoms with Crippen LogP contribution in [0.1, 0.15) is 47.0 Å². The first-order valence-electron chi connectivity index (χ1n) is 8.21. The van der Waals surface area contributed by atoms with Crippen LogP contribution in [-0.4, -0.2) is 60.3 Å². The van der Waals surface area contributed by atoms with Gasteiger partial charge in [0.1, 0.15) is 11.4 Å². The summed E-state index contributed by atoms with van der Waals surface area (Å²) in [7, 11) is 0. The molecule has 1 aliphatic rings. The predicted molar refractivity (Wildman–Crippen MR) is 88.2 cm³/mol. The average molecular weight is 313 g/mol. The summed E-state index contributed by atoms with van der Waals surface area (Å²) in [4.78, 5) is 18.2. The molecule has 1 rings (SSSR count). The number of amides is 1. The minimum Gasteiger partial charge on any atom is -0.444 e. The first-order valence-corrected chi connectivity index (χ1v) is 8.21. The van der Waals surface area contributed by atoms with Gasteiger partial charge in [0.2, 0.25) is 0 Å². The van der Waals surface area contributed by atoms with Gasteiger partial charge in [-0.15, -0.1) is 0 Å². The first kappa shape index (κ1) is 18.7. The summed E-state index contributed by atoms with van der Waals surface area (Å²) in [5.41, 5.74) is -0.480. The van der Waals surface area contributed by atoms with Crippen LogP contribution in [0.3, 0.4) is 0 Å². The summed E-state index contributed by atoms with van der Waals surface area (Å²) in [5, 5.41) is 12.4. The van der Waals surface area contributed by atoms with E-state index in [-0.39, 0.29) is 12.7 Å². The van der Waals surface area contributed by atoms with E-state index in [1.54, 1.807) is 4.90 Å². The second-order valence-electron chi connectivity index (χ2n) is 6.78. The van der Waals surface area contributed by atoms with Crippen molar-refractivity contribution in [3.8, 4) is 0 Å².